The van der Waals surface area contributed by atoms with Crippen molar-refractivity contribution >= 4 is 37.5 Å². The summed E-state index contributed by atoms with van der Waals surface area (Å²) < 4.78 is 50.4. The van der Waals surface area contributed by atoms with Crippen molar-refractivity contribution in [2.75, 3.05) is 37.8 Å². The average molecular weight is 624 g/mol. The number of carbonyl (C=O) groups is 2. The van der Waals surface area contributed by atoms with Gasteiger partial charge in [0.15, 0.2) is 16.1 Å². The summed E-state index contributed by atoms with van der Waals surface area (Å²) in [7, 11) is -7.63. The Labute approximate surface area is 245 Å². The molecule has 5 N–H and O–H groups in total. The zero-order valence-electron chi connectivity index (χ0n) is 23.3. The number of anilines is 1. The Morgan fingerprint density at radius 2 is 1.83 bits per heavy atom. The summed E-state index contributed by atoms with van der Waals surface area (Å²) in [5, 5.41) is 27.8. The van der Waals surface area contributed by atoms with Crippen LogP contribution in [0.5, 0.6) is 0 Å². The van der Waals surface area contributed by atoms with Crippen LogP contribution in [-0.4, -0.2) is 92.9 Å². The third-order valence-corrected chi connectivity index (χ3v) is 10.3. The monoisotopic (exact) mass is 623 g/mol. The highest BCUT2D eigenvalue weighted by Gasteiger charge is 2.41. The number of aromatic nitrogens is 1. The maximum absolute atomic E-state index is 12.9. The lowest BCUT2D eigenvalue weighted by atomic mass is 10.0. The molecule has 13 nitrogen and oxygen atoms in total. The minimum Gasteiger partial charge on any atom is -0.370 e. The minimum absolute atomic E-state index is 0.135. The van der Waals surface area contributed by atoms with Crippen LogP contribution in [0.2, 0.25) is 0 Å². The number of aliphatic hydroxyl groups excluding tert-OH is 1. The molecular formula is C27H37N5O8S2. The number of carbonyl (C=O) groups excluding carboxylic acids is 2. The van der Waals surface area contributed by atoms with Crippen LogP contribution < -0.4 is 16.0 Å². The van der Waals surface area contributed by atoms with Crippen LogP contribution in [0.4, 0.5) is 5.82 Å². The molecule has 0 spiro atoms. The number of sulfonamides is 1. The molecule has 2 aliphatic heterocycles. The number of nitrogens with one attached hydrogen (secondary N) is 3. The van der Waals surface area contributed by atoms with Gasteiger partial charge in [-0.2, -0.15) is 4.31 Å². The number of amides is 2. The van der Waals surface area contributed by atoms with Gasteiger partial charge in [0.1, 0.15) is 5.82 Å². The Balaban J connectivity index is 1.19. The van der Waals surface area contributed by atoms with E-state index in [-0.39, 0.29) is 41.8 Å². The van der Waals surface area contributed by atoms with Crippen LogP contribution >= 0.6 is 0 Å². The lowest BCUT2D eigenvalue weighted by Gasteiger charge is -2.37. The average Bonchev–Trinajstić information content (AvgIpc) is 2.91. The maximum Gasteiger partial charge on any atom is 0.243 e. The van der Waals surface area contributed by atoms with E-state index < -0.39 is 44.0 Å². The van der Waals surface area contributed by atoms with Gasteiger partial charge < -0.3 is 26.2 Å². The van der Waals surface area contributed by atoms with E-state index in [0.717, 1.165) is 60.4 Å². The van der Waals surface area contributed by atoms with Crippen molar-refractivity contribution < 1.29 is 36.6 Å². The first kappa shape index (κ1) is 31.8. The Hall–Kier alpha value is -3.11. The highest BCUT2D eigenvalue weighted by Crippen LogP contribution is 2.27. The molecule has 1 saturated heterocycles. The number of fused-ring (bicyclic) bond motifs is 1. The number of benzene rings is 1. The second kappa shape index (κ2) is 13.5. The molecule has 0 bridgehead atoms. The van der Waals surface area contributed by atoms with E-state index in [1.165, 1.54) is 23.8 Å². The lowest BCUT2D eigenvalue weighted by molar-refractivity contribution is -0.134. The van der Waals surface area contributed by atoms with Gasteiger partial charge in [-0.1, -0.05) is 12.1 Å². The van der Waals surface area contributed by atoms with Gasteiger partial charge in [-0.15, -0.1) is 0 Å². The number of hydrogen-bond acceptors (Lipinski definition) is 10. The van der Waals surface area contributed by atoms with E-state index in [1.807, 2.05) is 6.07 Å². The number of rotatable bonds is 13. The molecule has 1 aromatic carbocycles. The Kier molecular flexibility index (Phi) is 10.2. The second-order valence-electron chi connectivity index (χ2n) is 10.6. The van der Waals surface area contributed by atoms with E-state index in [0.29, 0.717) is 6.42 Å². The normalized spacial score (nSPS) is 16.7. The van der Waals surface area contributed by atoms with Crippen LogP contribution in [0.3, 0.4) is 0 Å². The summed E-state index contributed by atoms with van der Waals surface area (Å²) >= 11 is 0. The van der Waals surface area contributed by atoms with Gasteiger partial charge in [-0.25, -0.2) is 21.8 Å². The molecule has 1 aromatic heterocycles. The molecule has 4 rings (SSSR count). The van der Waals surface area contributed by atoms with Crippen molar-refractivity contribution in [3.8, 4) is 0 Å². The fourth-order valence-corrected chi connectivity index (χ4v) is 7.08. The molecule has 15 heteroatoms. The van der Waals surface area contributed by atoms with Crippen LogP contribution in [-0.2, 0) is 42.3 Å². The van der Waals surface area contributed by atoms with Crippen molar-refractivity contribution in [2.45, 2.75) is 60.6 Å². The number of aliphatic hydroxyl groups is 2. The first-order valence-electron chi connectivity index (χ1n) is 13.8. The number of sulfone groups is 1. The molecule has 1 fully saturated rings. The van der Waals surface area contributed by atoms with Crippen LogP contribution in [0.1, 0.15) is 36.9 Å². The molecule has 42 heavy (non-hydrogen) atoms. The number of pyridine rings is 1. The first-order valence-corrected chi connectivity index (χ1v) is 17.1. The molecule has 2 amide bonds. The van der Waals surface area contributed by atoms with Gasteiger partial charge in [0, 0.05) is 44.5 Å². The number of aryl methyl sites for hydroxylation is 2. The quantitative estimate of drug-likeness (QED) is 0.147. The van der Waals surface area contributed by atoms with E-state index in [9.17, 15) is 36.6 Å². The summed E-state index contributed by atoms with van der Waals surface area (Å²) in [5.74, 6) is -0.706. The Morgan fingerprint density at radius 3 is 2.55 bits per heavy atom. The fourth-order valence-electron chi connectivity index (χ4n) is 4.76. The zero-order chi connectivity index (χ0) is 30.5. The number of hydrogen-bond donors (Lipinski definition) is 5. The van der Waals surface area contributed by atoms with Crippen molar-refractivity contribution in [1.82, 2.24) is 19.9 Å². The van der Waals surface area contributed by atoms with Gasteiger partial charge in [0.05, 0.1) is 21.8 Å². The predicted molar refractivity (Wildman–Crippen MR) is 154 cm³/mol. The molecule has 2 aliphatic rings. The highest BCUT2D eigenvalue weighted by molar-refractivity contribution is 7.91. The second-order valence-corrected chi connectivity index (χ2v) is 14.6. The third kappa shape index (κ3) is 8.04. The van der Waals surface area contributed by atoms with Crippen molar-refractivity contribution in [3.63, 3.8) is 0 Å². The van der Waals surface area contributed by atoms with Crippen LogP contribution in [0.25, 0.3) is 0 Å². The summed E-state index contributed by atoms with van der Waals surface area (Å²) in [6.07, 6.45) is 3.45. The molecule has 0 radical (unpaired) electrons. The minimum atomic E-state index is -4.02. The van der Waals surface area contributed by atoms with Crippen LogP contribution in [0, 0.1) is 5.92 Å². The lowest BCUT2D eigenvalue weighted by Crippen LogP contribution is -2.59. The maximum atomic E-state index is 12.9. The fraction of sp³-hybridized carbons (Fsp3) is 0.519. The molecule has 1 atom stereocenters. The van der Waals surface area contributed by atoms with E-state index >= 15 is 0 Å². The standard InChI is InChI=1S/C27H37N5O8S2/c1-41(37,38)21-8-4-9-22(14-21)42(39,40)32-16-19(17-32)26(34)31-23(27(35)36)15-29-24(33)10-3-2-7-20-12-11-18-6-5-13-28-25(18)30-20/h4,8-9,11-12,14,19,23,27,35-36H,2-3,5-7,10,13,15-17H2,1H3,(H,28,30)(H,29,33)(H,31,34). The van der Waals surface area contributed by atoms with Crippen molar-refractivity contribution in [1.29, 1.82) is 0 Å². The zero-order valence-corrected chi connectivity index (χ0v) is 25.0. The van der Waals surface area contributed by atoms with E-state index in [1.54, 1.807) is 0 Å². The van der Waals surface area contributed by atoms with Crippen molar-refractivity contribution in [3.05, 3.63) is 47.7 Å². The summed E-state index contributed by atoms with van der Waals surface area (Å²) in [6.45, 7) is 0.381. The smallest absolute Gasteiger partial charge is 0.243 e. The topological polar surface area (TPSA) is 195 Å². The SMILES string of the molecule is CS(=O)(=O)c1cccc(S(=O)(=O)N2CC(C(=O)NC(CNC(=O)CCCCc3ccc4c(n3)NCCC4)C(O)O)C2)c1. The number of unbranched alkanes of at least 4 members (excludes halogenated alkanes) is 1. The molecule has 1 unspecified atom stereocenters. The summed E-state index contributed by atoms with van der Waals surface area (Å²) in [6, 6.07) is 7.89. The van der Waals surface area contributed by atoms with E-state index in [4.69, 9.17) is 0 Å². The van der Waals surface area contributed by atoms with Gasteiger partial charge in [-0.05, 0) is 61.9 Å². The Bertz CT molecular complexity index is 1510. The molecule has 2 aromatic rings. The molecule has 3 heterocycles. The van der Waals surface area contributed by atoms with Gasteiger partial charge >= 0.3 is 0 Å². The van der Waals surface area contributed by atoms with E-state index in [2.05, 4.69) is 27.0 Å². The predicted octanol–water partition coefficient (Wildman–Crippen LogP) is -0.212. The van der Waals surface area contributed by atoms with Crippen molar-refractivity contribution in [2.24, 2.45) is 5.92 Å². The first-order chi connectivity index (χ1) is 19.8. The molecular weight excluding hydrogens is 586 g/mol. The van der Waals surface area contributed by atoms with Gasteiger partial charge in [-0.3, -0.25) is 9.59 Å². The van der Waals surface area contributed by atoms with Crippen LogP contribution in [0.15, 0.2) is 46.2 Å². The third-order valence-electron chi connectivity index (χ3n) is 7.34. The van der Waals surface area contributed by atoms with Gasteiger partial charge in [0.2, 0.25) is 21.8 Å². The number of nitrogens with zero attached hydrogens (tertiary/aromatic N) is 2. The highest BCUT2D eigenvalue weighted by atomic mass is 32.2. The Morgan fingerprint density at radius 1 is 1.10 bits per heavy atom. The largest absolute Gasteiger partial charge is 0.370 e. The molecule has 0 aliphatic carbocycles. The van der Waals surface area contributed by atoms with Gasteiger partial charge in [0.25, 0.3) is 0 Å². The summed E-state index contributed by atoms with van der Waals surface area (Å²) in [4.78, 5) is 29.3. The molecule has 0 saturated carbocycles. The summed E-state index contributed by atoms with van der Waals surface area (Å²) in [5.41, 5.74) is 2.17. The molecule has 230 valence electrons.